The highest BCUT2D eigenvalue weighted by molar-refractivity contribution is 7.13. The monoisotopic (exact) mass is 294 g/mol. The van der Waals surface area contributed by atoms with Crippen LogP contribution in [-0.2, 0) is 0 Å². The number of aliphatic hydroxyl groups is 1. The van der Waals surface area contributed by atoms with E-state index in [1.807, 2.05) is 18.3 Å². The van der Waals surface area contributed by atoms with E-state index in [0.29, 0.717) is 0 Å². The summed E-state index contributed by atoms with van der Waals surface area (Å²) in [4.78, 5) is 2.25. The molecular formula is C15H22N2O2S. The molecule has 1 aromatic heterocycles. The largest absolute Gasteiger partial charge is 0.494 e. The van der Waals surface area contributed by atoms with Crippen molar-refractivity contribution in [3.8, 4) is 5.75 Å². The van der Waals surface area contributed by atoms with Gasteiger partial charge < -0.3 is 14.7 Å². The number of aliphatic hydroxyl groups excluding tert-OH is 1. The molecule has 0 unspecified atom stereocenters. The maximum atomic E-state index is 8.92. The number of rotatable bonds is 9. The van der Waals surface area contributed by atoms with Crippen LogP contribution in [-0.4, -0.2) is 47.2 Å². The third-order valence-corrected chi connectivity index (χ3v) is 4.09. The van der Waals surface area contributed by atoms with Crippen molar-refractivity contribution in [3.63, 3.8) is 0 Å². The molecule has 0 atom stereocenters. The number of hydrogen-bond acceptors (Lipinski definition) is 5. The van der Waals surface area contributed by atoms with Gasteiger partial charge in [-0.3, -0.25) is 0 Å². The van der Waals surface area contributed by atoms with E-state index < -0.39 is 0 Å². The van der Waals surface area contributed by atoms with Gasteiger partial charge in [0.15, 0.2) is 0 Å². The molecule has 0 saturated heterocycles. The van der Waals surface area contributed by atoms with Crippen LogP contribution >= 0.6 is 11.5 Å². The van der Waals surface area contributed by atoms with Gasteiger partial charge in [0.05, 0.1) is 17.9 Å². The molecule has 1 N–H and O–H groups in total. The zero-order chi connectivity index (χ0) is 14.2. The van der Waals surface area contributed by atoms with Gasteiger partial charge in [-0.05, 0) is 55.7 Å². The summed E-state index contributed by atoms with van der Waals surface area (Å²) in [6.45, 7) is 5.87. The fourth-order valence-corrected chi connectivity index (χ4v) is 2.80. The van der Waals surface area contributed by atoms with Gasteiger partial charge in [0.2, 0.25) is 0 Å². The Balaban J connectivity index is 1.67. The molecule has 0 radical (unpaired) electrons. The molecule has 5 heteroatoms. The number of likely N-dealkylation sites (N-methyl/N-ethyl adjacent to an activating group) is 1. The molecule has 0 bridgehead atoms. The minimum Gasteiger partial charge on any atom is -0.494 e. The predicted octanol–water partition coefficient (Wildman–Crippen LogP) is 2.77. The van der Waals surface area contributed by atoms with E-state index in [0.717, 1.165) is 44.8 Å². The number of ether oxygens (including phenoxy) is 1. The minimum atomic E-state index is 0.235. The molecule has 4 nitrogen and oxygen atoms in total. The average Bonchev–Trinajstić information content (AvgIpc) is 2.93. The highest BCUT2D eigenvalue weighted by atomic mass is 32.1. The van der Waals surface area contributed by atoms with Crippen LogP contribution in [0.3, 0.4) is 0 Å². The second-order valence-corrected chi connectivity index (χ2v) is 5.57. The van der Waals surface area contributed by atoms with E-state index in [1.54, 1.807) is 0 Å². The standard InChI is InChI=1S/C15H22N2O2S/c1-2-17(8-9-18)7-3-4-10-19-14-6-5-13-12-16-20-15(13)11-14/h5-6,11-12,18H,2-4,7-10H2,1H3. The molecule has 2 rings (SSSR count). The van der Waals surface area contributed by atoms with Crippen molar-refractivity contribution in [3.05, 3.63) is 24.4 Å². The lowest BCUT2D eigenvalue weighted by Crippen LogP contribution is -2.27. The molecule has 1 aromatic carbocycles. The Bertz CT molecular complexity index is 515. The first-order chi connectivity index (χ1) is 9.83. The number of unbranched alkanes of at least 4 members (excludes halogenated alkanes) is 1. The summed E-state index contributed by atoms with van der Waals surface area (Å²) in [5.74, 6) is 0.921. The first-order valence-corrected chi connectivity index (χ1v) is 7.91. The van der Waals surface area contributed by atoms with Gasteiger partial charge in [0, 0.05) is 18.1 Å². The molecule has 0 fully saturated rings. The predicted molar refractivity (Wildman–Crippen MR) is 83.5 cm³/mol. The van der Waals surface area contributed by atoms with Crippen LogP contribution in [0.15, 0.2) is 24.4 Å². The molecule has 1 heterocycles. The average molecular weight is 294 g/mol. The molecule has 20 heavy (non-hydrogen) atoms. The third-order valence-electron chi connectivity index (χ3n) is 3.33. The van der Waals surface area contributed by atoms with Gasteiger partial charge in [-0.1, -0.05) is 6.92 Å². The maximum absolute atomic E-state index is 8.92. The van der Waals surface area contributed by atoms with Crippen LogP contribution in [0.1, 0.15) is 19.8 Å². The molecule has 0 aliphatic carbocycles. The summed E-state index contributed by atoms with van der Waals surface area (Å²) >= 11 is 1.50. The lowest BCUT2D eigenvalue weighted by Gasteiger charge is -2.18. The third kappa shape index (κ3) is 4.44. The molecule has 0 saturated carbocycles. The van der Waals surface area contributed by atoms with Gasteiger partial charge in [-0.2, -0.15) is 4.37 Å². The van der Waals surface area contributed by atoms with E-state index >= 15 is 0 Å². The fraction of sp³-hybridized carbons (Fsp3) is 0.533. The van der Waals surface area contributed by atoms with E-state index in [-0.39, 0.29) is 6.61 Å². The van der Waals surface area contributed by atoms with Crippen LogP contribution in [0.2, 0.25) is 0 Å². The van der Waals surface area contributed by atoms with Crippen molar-refractivity contribution in [2.45, 2.75) is 19.8 Å². The van der Waals surface area contributed by atoms with Crippen molar-refractivity contribution in [1.82, 2.24) is 9.27 Å². The summed E-state index contributed by atoms with van der Waals surface area (Å²) in [6.07, 6.45) is 4.00. The van der Waals surface area contributed by atoms with Gasteiger partial charge in [-0.15, -0.1) is 0 Å². The Morgan fingerprint density at radius 1 is 1.30 bits per heavy atom. The number of nitrogens with zero attached hydrogens (tertiary/aromatic N) is 2. The Morgan fingerprint density at radius 3 is 3.00 bits per heavy atom. The van der Waals surface area contributed by atoms with Gasteiger partial charge in [-0.25, -0.2) is 0 Å². The number of hydrogen-bond donors (Lipinski definition) is 1. The molecule has 110 valence electrons. The molecule has 2 aromatic rings. The van der Waals surface area contributed by atoms with Crippen molar-refractivity contribution >= 4 is 21.6 Å². The SMILES string of the molecule is CCN(CCO)CCCCOc1ccc2cnsc2c1. The summed E-state index contributed by atoms with van der Waals surface area (Å²) in [6, 6.07) is 6.10. The molecule has 0 aliphatic heterocycles. The first kappa shape index (κ1) is 15.2. The maximum Gasteiger partial charge on any atom is 0.120 e. The second kappa shape index (κ2) is 8.19. The topological polar surface area (TPSA) is 45.6 Å². The van der Waals surface area contributed by atoms with Crippen LogP contribution in [0.25, 0.3) is 10.1 Å². The lowest BCUT2D eigenvalue weighted by atomic mass is 10.2. The van der Waals surface area contributed by atoms with E-state index in [9.17, 15) is 0 Å². The quantitative estimate of drug-likeness (QED) is 0.722. The molecule has 0 spiro atoms. The van der Waals surface area contributed by atoms with Crippen LogP contribution in [0.4, 0.5) is 0 Å². The Kier molecular flexibility index (Phi) is 6.24. The zero-order valence-corrected chi connectivity index (χ0v) is 12.7. The van der Waals surface area contributed by atoms with Crippen molar-refractivity contribution in [2.75, 3.05) is 32.8 Å². The highest BCUT2D eigenvalue weighted by Gasteiger charge is 2.02. The van der Waals surface area contributed by atoms with Gasteiger partial charge in [0.1, 0.15) is 5.75 Å². The number of aromatic nitrogens is 1. The van der Waals surface area contributed by atoms with Gasteiger partial charge >= 0.3 is 0 Å². The fourth-order valence-electron chi connectivity index (χ4n) is 2.13. The Labute approximate surface area is 124 Å². The summed E-state index contributed by atoms with van der Waals surface area (Å²) in [5, 5.41) is 10.1. The second-order valence-electron chi connectivity index (χ2n) is 4.74. The summed E-state index contributed by atoms with van der Waals surface area (Å²) in [7, 11) is 0. The molecule has 0 amide bonds. The van der Waals surface area contributed by atoms with Gasteiger partial charge in [0.25, 0.3) is 0 Å². The first-order valence-electron chi connectivity index (χ1n) is 7.14. The van der Waals surface area contributed by atoms with Crippen molar-refractivity contribution in [2.24, 2.45) is 0 Å². The summed E-state index contributed by atoms with van der Waals surface area (Å²) < 4.78 is 11.1. The Morgan fingerprint density at radius 2 is 2.20 bits per heavy atom. The van der Waals surface area contributed by atoms with Crippen LogP contribution in [0.5, 0.6) is 5.75 Å². The molecular weight excluding hydrogens is 272 g/mol. The summed E-state index contributed by atoms with van der Waals surface area (Å²) in [5.41, 5.74) is 0. The van der Waals surface area contributed by atoms with E-state index in [2.05, 4.69) is 22.3 Å². The van der Waals surface area contributed by atoms with Crippen LogP contribution < -0.4 is 4.74 Å². The van der Waals surface area contributed by atoms with E-state index in [4.69, 9.17) is 9.84 Å². The van der Waals surface area contributed by atoms with E-state index in [1.165, 1.54) is 21.6 Å². The normalized spacial score (nSPS) is 11.3. The highest BCUT2D eigenvalue weighted by Crippen LogP contribution is 2.23. The number of benzene rings is 1. The smallest absolute Gasteiger partial charge is 0.120 e. The minimum absolute atomic E-state index is 0.235. The van der Waals surface area contributed by atoms with Crippen molar-refractivity contribution < 1.29 is 9.84 Å². The number of fused-ring (bicyclic) bond motifs is 1. The van der Waals surface area contributed by atoms with Crippen LogP contribution in [0, 0.1) is 0 Å². The molecule has 0 aliphatic rings. The van der Waals surface area contributed by atoms with Crippen molar-refractivity contribution in [1.29, 1.82) is 0 Å². The lowest BCUT2D eigenvalue weighted by molar-refractivity contribution is 0.195. The Hall–Kier alpha value is -1.17. The zero-order valence-electron chi connectivity index (χ0n) is 11.9.